The lowest BCUT2D eigenvalue weighted by Gasteiger charge is -2.42. The van der Waals surface area contributed by atoms with E-state index in [1.165, 1.54) is 0 Å². The molecular weight excluding hydrogens is 419 g/mol. The van der Waals surface area contributed by atoms with E-state index in [1.54, 1.807) is 0 Å². The van der Waals surface area contributed by atoms with Crippen LogP contribution >= 0.6 is 0 Å². The van der Waals surface area contributed by atoms with Crippen LogP contribution in [0.4, 0.5) is 4.39 Å². The van der Waals surface area contributed by atoms with E-state index >= 15 is 0 Å². The molecule has 1 heterocycles. The second kappa shape index (κ2) is 11.8. The Labute approximate surface area is 194 Å². The van der Waals surface area contributed by atoms with Crippen molar-refractivity contribution in [1.29, 1.82) is 0 Å². The minimum Gasteiger partial charge on any atom is -0.487 e. The van der Waals surface area contributed by atoms with Gasteiger partial charge < -0.3 is 18.9 Å². The lowest BCUT2D eigenvalue weighted by Crippen LogP contribution is -2.55. The molecular formula is C28H29FO4. The van der Waals surface area contributed by atoms with Crippen LogP contribution in [0.5, 0.6) is 0 Å². The van der Waals surface area contributed by atoms with Gasteiger partial charge in [0.25, 0.3) is 0 Å². The van der Waals surface area contributed by atoms with E-state index in [2.05, 4.69) is 6.58 Å². The van der Waals surface area contributed by atoms with E-state index < -0.39 is 31.1 Å². The zero-order valence-corrected chi connectivity index (χ0v) is 18.5. The van der Waals surface area contributed by atoms with Gasteiger partial charge >= 0.3 is 0 Å². The summed E-state index contributed by atoms with van der Waals surface area (Å²) in [6.45, 7) is 4.31. The van der Waals surface area contributed by atoms with Crippen molar-refractivity contribution >= 4 is 0 Å². The van der Waals surface area contributed by atoms with Crippen LogP contribution in [0.3, 0.4) is 0 Å². The lowest BCUT2D eigenvalue weighted by molar-refractivity contribution is -0.216. The van der Waals surface area contributed by atoms with E-state index in [0.29, 0.717) is 25.6 Å². The van der Waals surface area contributed by atoms with Gasteiger partial charge in [-0.05, 0) is 16.7 Å². The monoisotopic (exact) mass is 448 g/mol. The average Bonchev–Trinajstić information content (AvgIpc) is 2.87. The Hall–Kier alpha value is -2.99. The minimum absolute atomic E-state index is 0.314. The number of ether oxygens (including phenoxy) is 4. The predicted molar refractivity (Wildman–Crippen MR) is 125 cm³/mol. The first-order chi connectivity index (χ1) is 16.2. The normalized spacial score (nSPS) is 22.6. The van der Waals surface area contributed by atoms with Crippen LogP contribution in [-0.2, 0) is 38.8 Å². The molecule has 0 amide bonds. The molecule has 0 aromatic heterocycles. The minimum atomic E-state index is -0.821. The van der Waals surface area contributed by atoms with Gasteiger partial charge in [0.2, 0.25) is 0 Å². The molecule has 3 aromatic carbocycles. The van der Waals surface area contributed by atoms with Gasteiger partial charge in [0.15, 0.2) is 6.10 Å². The summed E-state index contributed by atoms with van der Waals surface area (Å²) in [6.07, 6.45) is -2.67. The molecule has 0 N–H and O–H groups in total. The summed E-state index contributed by atoms with van der Waals surface area (Å²) in [7, 11) is 0. The summed E-state index contributed by atoms with van der Waals surface area (Å²) in [5, 5.41) is 0. The van der Waals surface area contributed by atoms with E-state index in [0.717, 1.165) is 16.7 Å². The summed E-state index contributed by atoms with van der Waals surface area (Å²) in [5.74, 6) is 0.353. The highest BCUT2D eigenvalue weighted by atomic mass is 19.1. The first-order valence-electron chi connectivity index (χ1n) is 11.1. The van der Waals surface area contributed by atoms with Crippen LogP contribution in [0.2, 0.25) is 0 Å². The average molecular weight is 449 g/mol. The first-order valence-corrected chi connectivity index (χ1v) is 11.1. The van der Waals surface area contributed by atoms with E-state index in [9.17, 15) is 4.39 Å². The van der Waals surface area contributed by atoms with Gasteiger partial charge in [-0.15, -0.1) is 0 Å². The number of rotatable bonds is 10. The maximum Gasteiger partial charge on any atom is 0.155 e. The van der Waals surface area contributed by atoms with Gasteiger partial charge in [0.1, 0.15) is 30.7 Å². The summed E-state index contributed by atoms with van der Waals surface area (Å²) < 4.78 is 38.5. The molecule has 4 nitrogen and oxygen atoms in total. The van der Waals surface area contributed by atoms with Crippen molar-refractivity contribution in [3.63, 3.8) is 0 Å². The Morgan fingerprint density at radius 1 is 0.636 bits per heavy atom. The lowest BCUT2D eigenvalue weighted by atomic mass is 9.97. The summed E-state index contributed by atoms with van der Waals surface area (Å²) in [4.78, 5) is 0. The zero-order valence-electron chi connectivity index (χ0n) is 18.5. The van der Waals surface area contributed by atoms with Crippen molar-refractivity contribution in [2.24, 2.45) is 0 Å². The third-order valence-electron chi connectivity index (χ3n) is 5.60. The maximum atomic E-state index is 14.0. The molecule has 0 radical (unpaired) electrons. The smallest absolute Gasteiger partial charge is 0.155 e. The fourth-order valence-corrected chi connectivity index (χ4v) is 3.88. The number of hydrogen-bond acceptors (Lipinski definition) is 4. The molecule has 3 aromatic rings. The Morgan fingerprint density at radius 2 is 1.06 bits per heavy atom. The van der Waals surface area contributed by atoms with Gasteiger partial charge in [-0.2, -0.15) is 0 Å². The van der Waals surface area contributed by atoms with Crippen molar-refractivity contribution in [2.75, 3.05) is 6.67 Å². The Kier molecular flexibility index (Phi) is 8.25. The van der Waals surface area contributed by atoms with Crippen molar-refractivity contribution in [3.05, 3.63) is 120 Å². The second-order valence-electron chi connectivity index (χ2n) is 8.02. The highest BCUT2D eigenvalue weighted by Gasteiger charge is 2.45. The molecule has 0 aliphatic carbocycles. The van der Waals surface area contributed by atoms with Crippen LogP contribution in [0.15, 0.2) is 103 Å². The molecule has 0 saturated carbocycles. The number of benzene rings is 3. The van der Waals surface area contributed by atoms with Gasteiger partial charge in [0, 0.05) is 0 Å². The summed E-state index contributed by atoms with van der Waals surface area (Å²) in [6, 6.07) is 29.5. The summed E-state index contributed by atoms with van der Waals surface area (Å²) >= 11 is 0. The molecule has 1 aliphatic rings. The van der Waals surface area contributed by atoms with E-state index in [-0.39, 0.29) is 0 Å². The molecule has 0 bridgehead atoms. The second-order valence-corrected chi connectivity index (χ2v) is 8.02. The first kappa shape index (κ1) is 23.2. The highest BCUT2D eigenvalue weighted by molar-refractivity contribution is 5.17. The van der Waals surface area contributed by atoms with Crippen LogP contribution in [0.25, 0.3) is 0 Å². The number of alkyl halides is 1. The molecule has 1 saturated heterocycles. The predicted octanol–water partition coefficient (Wildman–Crippen LogP) is 5.62. The van der Waals surface area contributed by atoms with Crippen LogP contribution in [-0.4, -0.2) is 31.1 Å². The molecule has 0 unspecified atom stereocenters. The molecule has 1 aliphatic heterocycles. The van der Waals surface area contributed by atoms with Crippen molar-refractivity contribution in [2.45, 2.75) is 44.2 Å². The van der Waals surface area contributed by atoms with Gasteiger partial charge in [-0.1, -0.05) is 97.6 Å². The molecule has 172 valence electrons. The maximum absolute atomic E-state index is 14.0. The quantitative estimate of drug-likeness (QED) is 0.403. The molecule has 33 heavy (non-hydrogen) atoms. The van der Waals surface area contributed by atoms with E-state index in [1.807, 2.05) is 91.0 Å². The molecule has 4 atom stereocenters. The molecule has 1 fully saturated rings. The number of hydrogen-bond donors (Lipinski definition) is 0. The third-order valence-corrected chi connectivity index (χ3v) is 5.60. The fraction of sp³-hybridized carbons (Fsp3) is 0.286. The Balaban J connectivity index is 1.54. The van der Waals surface area contributed by atoms with Crippen LogP contribution in [0, 0.1) is 0 Å². The Bertz CT molecular complexity index is 981. The fourth-order valence-electron chi connectivity index (χ4n) is 3.88. The highest BCUT2D eigenvalue weighted by Crippen LogP contribution is 2.32. The van der Waals surface area contributed by atoms with Crippen LogP contribution < -0.4 is 0 Å². The topological polar surface area (TPSA) is 36.9 Å². The van der Waals surface area contributed by atoms with Crippen molar-refractivity contribution in [1.82, 2.24) is 0 Å². The molecule has 5 heteroatoms. The van der Waals surface area contributed by atoms with Gasteiger partial charge in [-0.3, -0.25) is 0 Å². The van der Waals surface area contributed by atoms with Gasteiger partial charge in [-0.25, -0.2) is 4.39 Å². The van der Waals surface area contributed by atoms with Crippen molar-refractivity contribution in [3.8, 4) is 0 Å². The standard InChI is InChI=1S/C28H29FO4/c1-21-26(30-18-22-11-5-2-6-12-22)28(32-20-24-15-9-4-10-16-24)27(25(17-29)33-21)31-19-23-13-7-3-8-14-23/h2-16,25-28H,1,17-20H2/t25-,26-,27-,28-/m1/s1. The molecule has 4 rings (SSSR count). The largest absolute Gasteiger partial charge is 0.487 e. The Morgan fingerprint density at radius 3 is 1.52 bits per heavy atom. The third kappa shape index (κ3) is 6.29. The SMILES string of the molecule is C=C1O[C@H](CF)[C@@H](OCc2ccccc2)[C@H](OCc2ccccc2)[C@@H]1OCc1ccccc1. The van der Waals surface area contributed by atoms with Gasteiger partial charge in [0.05, 0.1) is 19.8 Å². The van der Waals surface area contributed by atoms with E-state index in [4.69, 9.17) is 18.9 Å². The van der Waals surface area contributed by atoms with Crippen LogP contribution in [0.1, 0.15) is 16.7 Å². The zero-order chi connectivity index (χ0) is 22.9. The summed E-state index contributed by atoms with van der Waals surface area (Å²) in [5.41, 5.74) is 3.01. The molecule has 0 spiro atoms. The van der Waals surface area contributed by atoms with Crippen molar-refractivity contribution < 1.29 is 23.3 Å². The number of halogens is 1.